The molecule has 1 spiro atoms. The fourth-order valence-electron chi connectivity index (χ4n) is 11.0. The predicted molar refractivity (Wildman–Crippen MR) is 243 cm³/mol. The number of fused-ring (bicyclic) bond motifs is 11. The van der Waals surface area contributed by atoms with Crippen LogP contribution in [0.4, 0.5) is 0 Å². The highest BCUT2D eigenvalue weighted by Gasteiger charge is 2.53. The van der Waals surface area contributed by atoms with Gasteiger partial charge in [0.15, 0.2) is 0 Å². The van der Waals surface area contributed by atoms with Crippen molar-refractivity contribution in [3.8, 4) is 44.5 Å². The van der Waals surface area contributed by atoms with Crippen LogP contribution in [0.3, 0.4) is 0 Å². The molecule has 8 aromatic rings. The van der Waals surface area contributed by atoms with E-state index in [1.807, 2.05) is 0 Å². The molecule has 0 saturated heterocycles. The van der Waals surface area contributed by atoms with Gasteiger partial charge < -0.3 is 0 Å². The van der Waals surface area contributed by atoms with Gasteiger partial charge in [-0.25, -0.2) is 0 Å². The molecule has 0 saturated carbocycles. The molecule has 0 nitrogen and oxygen atoms in total. The van der Waals surface area contributed by atoms with Crippen molar-refractivity contribution in [2.75, 3.05) is 0 Å². The van der Waals surface area contributed by atoms with Gasteiger partial charge in [0.25, 0.3) is 0 Å². The van der Waals surface area contributed by atoms with E-state index in [0.717, 1.165) is 0 Å². The maximum atomic E-state index is 2.66. The van der Waals surface area contributed by atoms with Crippen molar-refractivity contribution in [1.82, 2.24) is 0 Å². The van der Waals surface area contributed by atoms with Crippen molar-refractivity contribution >= 4 is 0 Å². The minimum absolute atomic E-state index is 0.0404. The monoisotopic (exact) mass is 744 g/mol. The second kappa shape index (κ2) is 12.9. The Balaban J connectivity index is 1.16. The summed E-state index contributed by atoms with van der Waals surface area (Å²) in [4.78, 5) is 0. The maximum Gasteiger partial charge on any atom is 0.0725 e. The molecule has 0 aliphatic heterocycles. The van der Waals surface area contributed by atoms with Crippen LogP contribution in [0.15, 0.2) is 188 Å². The third-order valence-electron chi connectivity index (χ3n) is 14.1. The van der Waals surface area contributed by atoms with Gasteiger partial charge in [-0.15, -0.1) is 0 Å². The van der Waals surface area contributed by atoms with E-state index in [9.17, 15) is 0 Å². The van der Waals surface area contributed by atoms with Crippen LogP contribution in [0.1, 0.15) is 96.5 Å². The molecule has 58 heavy (non-hydrogen) atoms. The number of benzene rings is 8. The molecule has 3 aliphatic carbocycles. The second-order valence-corrected chi connectivity index (χ2v) is 18.3. The zero-order valence-corrected chi connectivity index (χ0v) is 33.9. The molecule has 8 aromatic carbocycles. The Morgan fingerprint density at radius 3 is 1.22 bits per heavy atom. The van der Waals surface area contributed by atoms with Crippen molar-refractivity contribution in [2.45, 2.75) is 62.7 Å². The molecule has 0 heterocycles. The average molecular weight is 745 g/mol. The highest BCUT2D eigenvalue weighted by atomic mass is 14.5. The van der Waals surface area contributed by atoms with Crippen LogP contribution < -0.4 is 0 Å². The lowest BCUT2D eigenvalue weighted by atomic mass is 9.61. The average Bonchev–Trinajstić information content (AvgIpc) is 3.73. The molecule has 11 rings (SSSR count). The van der Waals surface area contributed by atoms with Gasteiger partial charge in [-0.1, -0.05) is 210 Å². The van der Waals surface area contributed by atoms with E-state index in [2.05, 4.69) is 216 Å². The zero-order valence-electron chi connectivity index (χ0n) is 33.9. The Morgan fingerprint density at radius 1 is 0.310 bits per heavy atom. The molecule has 0 fully saturated rings. The van der Waals surface area contributed by atoms with E-state index >= 15 is 0 Å². The second-order valence-electron chi connectivity index (χ2n) is 18.3. The largest absolute Gasteiger partial charge is 0.0725 e. The summed E-state index contributed by atoms with van der Waals surface area (Å²) in [7, 11) is 0. The Bertz CT molecular complexity index is 2730. The van der Waals surface area contributed by atoms with E-state index < -0.39 is 5.41 Å². The summed E-state index contributed by atoms with van der Waals surface area (Å²) in [6.07, 6.45) is 2.39. The lowest BCUT2D eigenvalue weighted by molar-refractivity contribution is 0.331. The molecular weight excluding hydrogens is 697 g/mol. The predicted octanol–water partition coefficient (Wildman–Crippen LogP) is 14.9. The summed E-state index contributed by atoms with van der Waals surface area (Å²) >= 11 is 0. The summed E-state index contributed by atoms with van der Waals surface area (Å²) < 4.78 is 0. The van der Waals surface area contributed by atoms with Crippen LogP contribution in [-0.2, 0) is 16.2 Å². The normalized spacial score (nSPS) is 16.0. The van der Waals surface area contributed by atoms with Gasteiger partial charge in [0.1, 0.15) is 0 Å². The Morgan fingerprint density at radius 2 is 0.707 bits per heavy atom. The van der Waals surface area contributed by atoms with Crippen molar-refractivity contribution in [2.24, 2.45) is 0 Å². The molecule has 3 aliphatic rings. The summed E-state index contributed by atoms with van der Waals surface area (Å²) in [5.74, 6) is 0.0404. The van der Waals surface area contributed by atoms with Gasteiger partial charge in [-0.2, -0.15) is 0 Å². The lowest BCUT2D eigenvalue weighted by Gasteiger charge is -2.43. The molecule has 0 bridgehead atoms. The molecule has 0 aromatic heterocycles. The first-order chi connectivity index (χ1) is 28.2. The van der Waals surface area contributed by atoms with E-state index in [0.29, 0.717) is 0 Å². The lowest BCUT2D eigenvalue weighted by Crippen LogP contribution is -2.35. The minimum atomic E-state index is -0.417. The highest BCUT2D eigenvalue weighted by Crippen LogP contribution is 2.64. The molecule has 0 N–H and O–H groups in total. The number of hydrogen-bond donors (Lipinski definition) is 0. The third-order valence-corrected chi connectivity index (χ3v) is 14.1. The SMILES string of the molecule is CC1(C)CCC(C)(C)c2cc3c(cc21)-c1ccc(C(c2ccc(-c4ccccc4)cc2)c2ccc(-c4ccccc4)cc2)cc1C31c2ccccc2-c2ccccc21. The standard InChI is InChI=1S/C58H48/c1-56(2)33-34-57(3,4)54-37-52-48(36-53(54)56)47-32-31-44(35-51(47)58(52)49-21-13-11-19-45(49)46-20-12-14-22-50(46)58)55(42-27-23-40(24-28-42)38-15-7-5-8-16-38)43-29-25-41(26-30-43)39-17-9-6-10-18-39/h5-32,35-37,55H,33-34H2,1-4H3. The van der Waals surface area contributed by atoms with Crippen LogP contribution in [0.2, 0.25) is 0 Å². The quantitative estimate of drug-likeness (QED) is 0.154. The Labute approximate surface area is 343 Å². The van der Waals surface area contributed by atoms with E-state index in [4.69, 9.17) is 0 Å². The minimum Gasteiger partial charge on any atom is -0.0622 e. The first-order valence-electron chi connectivity index (χ1n) is 21.1. The van der Waals surface area contributed by atoms with Crippen molar-refractivity contribution in [3.05, 3.63) is 238 Å². The number of rotatable bonds is 5. The van der Waals surface area contributed by atoms with Crippen LogP contribution in [0.5, 0.6) is 0 Å². The van der Waals surface area contributed by atoms with Crippen molar-refractivity contribution in [1.29, 1.82) is 0 Å². The highest BCUT2D eigenvalue weighted by molar-refractivity contribution is 5.95. The maximum absolute atomic E-state index is 2.66. The smallest absolute Gasteiger partial charge is 0.0622 e. The van der Waals surface area contributed by atoms with Crippen molar-refractivity contribution in [3.63, 3.8) is 0 Å². The molecular formula is C58H48. The van der Waals surface area contributed by atoms with E-state index in [1.165, 1.54) is 107 Å². The zero-order chi connectivity index (χ0) is 39.2. The molecule has 0 amide bonds. The third kappa shape index (κ3) is 5.14. The first-order valence-corrected chi connectivity index (χ1v) is 21.1. The van der Waals surface area contributed by atoms with E-state index in [1.54, 1.807) is 0 Å². The van der Waals surface area contributed by atoms with Crippen LogP contribution >= 0.6 is 0 Å². The van der Waals surface area contributed by atoms with Crippen LogP contribution in [0.25, 0.3) is 44.5 Å². The molecule has 0 radical (unpaired) electrons. The molecule has 0 atom stereocenters. The van der Waals surface area contributed by atoms with Gasteiger partial charge in [0.2, 0.25) is 0 Å². The van der Waals surface area contributed by atoms with Crippen LogP contribution in [0, 0.1) is 0 Å². The van der Waals surface area contributed by atoms with Crippen molar-refractivity contribution < 1.29 is 0 Å². The topological polar surface area (TPSA) is 0 Å². The molecule has 0 heteroatoms. The fourth-order valence-corrected chi connectivity index (χ4v) is 11.0. The van der Waals surface area contributed by atoms with Gasteiger partial charge in [-0.3, -0.25) is 0 Å². The summed E-state index contributed by atoms with van der Waals surface area (Å²) in [5.41, 5.74) is 22.8. The summed E-state index contributed by atoms with van der Waals surface area (Å²) in [6, 6.07) is 71.3. The van der Waals surface area contributed by atoms with Crippen LogP contribution in [-0.4, -0.2) is 0 Å². The molecule has 0 unspecified atom stereocenters. The Kier molecular flexibility index (Phi) is 7.77. The van der Waals surface area contributed by atoms with Gasteiger partial charge in [0, 0.05) is 5.92 Å². The van der Waals surface area contributed by atoms with E-state index in [-0.39, 0.29) is 16.7 Å². The first kappa shape index (κ1) is 35.0. The molecule has 280 valence electrons. The fraction of sp³-hybridized carbons (Fsp3) is 0.172. The van der Waals surface area contributed by atoms with Gasteiger partial charge >= 0.3 is 0 Å². The number of hydrogen-bond acceptors (Lipinski definition) is 0. The Hall–Kier alpha value is -6.24. The summed E-state index contributed by atoms with van der Waals surface area (Å²) in [5, 5.41) is 0. The van der Waals surface area contributed by atoms with Gasteiger partial charge in [-0.05, 0) is 124 Å². The van der Waals surface area contributed by atoms with Gasteiger partial charge in [0.05, 0.1) is 5.41 Å². The summed E-state index contributed by atoms with van der Waals surface area (Å²) in [6.45, 7) is 9.85.